The molecule has 1 aromatic carbocycles. The first kappa shape index (κ1) is 19.2. The lowest BCUT2D eigenvalue weighted by atomic mass is 9.67. The zero-order valence-electron chi connectivity index (χ0n) is 17.1. The predicted octanol–water partition coefficient (Wildman–Crippen LogP) is 4.65. The number of benzene rings is 1. The molecule has 5 heteroatoms. The Morgan fingerprint density at radius 1 is 1.18 bits per heavy atom. The van der Waals surface area contributed by atoms with Crippen LogP contribution in [-0.4, -0.2) is 28.7 Å². The predicted molar refractivity (Wildman–Crippen MR) is 109 cm³/mol. The summed E-state index contributed by atoms with van der Waals surface area (Å²) in [6.45, 7) is 4.59. The number of nitrogens with one attached hydrogen (secondary N) is 1. The number of esters is 1. The average molecular weight is 382 g/mol. The number of imidazole rings is 1. The monoisotopic (exact) mass is 381 g/mol. The van der Waals surface area contributed by atoms with Crippen LogP contribution in [0.25, 0.3) is 0 Å². The molecule has 4 rings (SSSR count). The van der Waals surface area contributed by atoms with Crippen LogP contribution in [0.3, 0.4) is 0 Å². The summed E-state index contributed by atoms with van der Waals surface area (Å²) in [5.41, 5.74) is 3.09. The van der Waals surface area contributed by atoms with Gasteiger partial charge in [-0.3, -0.25) is 0 Å². The van der Waals surface area contributed by atoms with Crippen molar-refractivity contribution >= 4 is 5.97 Å². The molecule has 0 amide bonds. The number of carbonyl (C=O) groups is 1. The van der Waals surface area contributed by atoms with Crippen molar-refractivity contribution in [2.24, 2.45) is 5.41 Å². The zero-order chi connectivity index (χ0) is 19.7. The Labute approximate surface area is 167 Å². The number of methoxy groups -OCH3 is 1. The van der Waals surface area contributed by atoms with Crippen LogP contribution in [-0.2, 0) is 4.74 Å². The lowest BCUT2D eigenvalue weighted by Crippen LogP contribution is -2.43. The Morgan fingerprint density at radius 2 is 1.89 bits per heavy atom. The van der Waals surface area contributed by atoms with E-state index in [0.29, 0.717) is 17.8 Å². The molecule has 1 fully saturated rings. The van der Waals surface area contributed by atoms with E-state index in [2.05, 4.69) is 48.4 Å². The van der Waals surface area contributed by atoms with Crippen LogP contribution in [0.4, 0.5) is 0 Å². The molecule has 0 saturated heterocycles. The maximum Gasteiger partial charge on any atom is 0.356 e. The van der Waals surface area contributed by atoms with E-state index >= 15 is 0 Å². The lowest BCUT2D eigenvalue weighted by Gasteiger charge is -2.46. The fourth-order valence-electron chi connectivity index (χ4n) is 5.25. The maximum atomic E-state index is 12.3. The second-order valence-corrected chi connectivity index (χ2v) is 8.96. The summed E-state index contributed by atoms with van der Waals surface area (Å²) in [6.07, 6.45) is 11.0. The number of rotatable bonds is 4. The summed E-state index contributed by atoms with van der Waals surface area (Å²) in [5.74, 6) is -0.340. The summed E-state index contributed by atoms with van der Waals surface area (Å²) >= 11 is 0. The van der Waals surface area contributed by atoms with Crippen molar-refractivity contribution in [3.8, 4) is 0 Å². The third-order valence-electron chi connectivity index (χ3n) is 6.52. The number of hydrogen-bond donors (Lipinski definition) is 1. The van der Waals surface area contributed by atoms with E-state index in [0.717, 1.165) is 6.42 Å². The van der Waals surface area contributed by atoms with Gasteiger partial charge in [-0.25, -0.2) is 9.78 Å². The minimum absolute atomic E-state index is 0.0375. The van der Waals surface area contributed by atoms with Crippen molar-refractivity contribution in [2.45, 2.75) is 70.5 Å². The summed E-state index contributed by atoms with van der Waals surface area (Å²) in [4.78, 5) is 16.6. The highest BCUT2D eigenvalue weighted by Crippen LogP contribution is 2.50. The Bertz CT molecular complexity index is 836. The van der Waals surface area contributed by atoms with Crippen molar-refractivity contribution in [1.82, 2.24) is 14.9 Å². The smallest absolute Gasteiger partial charge is 0.356 e. The quantitative estimate of drug-likeness (QED) is 0.783. The summed E-state index contributed by atoms with van der Waals surface area (Å²) < 4.78 is 6.99. The molecule has 0 bridgehead atoms. The van der Waals surface area contributed by atoms with Gasteiger partial charge in [0.05, 0.1) is 25.7 Å². The van der Waals surface area contributed by atoms with Gasteiger partial charge in [0.2, 0.25) is 0 Å². The van der Waals surface area contributed by atoms with Crippen LogP contribution in [0.2, 0.25) is 0 Å². The van der Waals surface area contributed by atoms with E-state index in [1.54, 1.807) is 12.5 Å². The highest BCUT2D eigenvalue weighted by Gasteiger charge is 2.43. The van der Waals surface area contributed by atoms with Crippen LogP contribution in [0, 0.1) is 5.41 Å². The molecule has 0 unspecified atom stereocenters. The molecule has 0 spiro atoms. The van der Waals surface area contributed by atoms with E-state index in [-0.39, 0.29) is 17.4 Å². The van der Waals surface area contributed by atoms with Crippen molar-refractivity contribution < 1.29 is 9.53 Å². The normalized spacial score (nSPS) is 24.5. The first-order chi connectivity index (χ1) is 13.5. The number of ether oxygens (including phenoxy) is 1. The van der Waals surface area contributed by atoms with Gasteiger partial charge >= 0.3 is 5.97 Å². The highest BCUT2D eigenvalue weighted by atomic mass is 16.5. The topological polar surface area (TPSA) is 56.1 Å². The van der Waals surface area contributed by atoms with Gasteiger partial charge in [0.1, 0.15) is 5.69 Å². The van der Waals surface area contributed by atoms with Crippen LogP contribution in [0.5, 0.6) is 0 Å². The summed E-state index contributed by atoms with van der Waals surface area (Å²) in [5, 5.41) is 3.97. The summed E-state index contributed by atoms with van der Waals surface area (Å²) in [6, 6.07) is 9.67. The van der Waals surface area contributed by atoms with Gasteiger partial charge in [-0.2, -0.15) is 0 Å². The molecule has 150 valence electrons. The number of aromatic nitrogens is 2. The third-order valence-corrected chi connectivity index (χ3v) is 6.52. The largest absolute Gasteiger partial charge is 0.464 e. The Balaban J connectivity index is 1.73. The molecule has 2 aliphatic rings. The highest BCUT2D eigenvalue weighted by molar-refractivity contribution is 5.87. The Kier molecular flexibility index (Phi) is 5.28. The Hall–Kier alpha value is -2.14. The molecule has 0 radical (unpaired) electrons. The van der Waals surface area contributed by atoms with Crippen LogP contribution in [0.15, 0.2) is 36.8 Å². The molecule has 1 heterocycles. The van der Waals surface area contributed by atoms with Gasteiger partial charge in [0, 0.05) is 12.1 Å². The molecule has 5 nitrogen and oxygen atoms in total. The average Bonchev–Trinajstić information content (AvgIpc) is 3.16. The SMILES string of the molecule is COC(=O)c1cncn1[C@@H]1c2ccccc2[C@@H](NC2CCCCC2)CC1(C)C. The number of fused-ring (bicyclic) bond motifs is 1. The van der Waals surface area contributed by atoms with E-state index < -0.39 is 0 Å². The third kappa shape index (κ3) is 3.48. The molecule has 2 atom stereocenters. The number of hydrogen-bond acceptors (Lipinski definition) is 4. The molecule has 1 saturated carbocycles. The van der Waals surface area contributed by atoms with Gasteiger partial charge in [0.25, 0.3) is 0 Å². The molecule has 0 aliphatic heterocycles. The minimum atomic E-state index is -0.340. The van der Waals surface area contributed by atoms with E-state index in [4.69, 9.17) is 4.74 Å². The first-order valence-corrected chi connectivity index (χ1v) is 10.5. The molecule has 28 heavy (non-hydrogen) atoms. The van der Waals surface area contributed by atoms with Crippen molar-refractivity contribution in [3.63, 3.8) is 0 Å². The minimum Gasteiger partial charge on any atom is -0.464 e. The van der Waals surface area contributed by atoms with E-state index in [1.807, 2.05) is 4.57 Å². The van der Waals surface area contributed by atoms with Crippen molar-refractivity contribution in [3.05, 3.63) is 53.6 Å². The molecule has 2 aliphatic carbocycles. The second kappa shape index (κ2) is 7.70. The summed E-state index contributed by atoms with van der Waals surface area (Å²) in [7, 11) is 1.42. The van der Waals surface area contributed by atoms with Gasteiger partial charge in [-0.1, -0.05) is 57.4 Å². The van der Waals surface area contributed by atoms with Crippen LogP contribution < -0.4 is 5.32 Å². The maximum absolute atomic E-state index is 12.3. The van der Waals surface area contributed by atoms with E-state index in [9.17, 15) is 4.79 Å². The fraction of sp³-hybridized carbons (Fsp3) is 0.565. The molecule has 1 N–H and O–H groups in total. The molecular formula is C23H31N3O2. The first-order valence-electron chi connectivity index (χ1n) is 10.5. The van der Waals surface area contributed by atoms with Gasteiger partial charge in [-0.05, 0) is 35.8 Å². The van der Waals surface area contributed by atoms with Crippen LogP contribution >= 0.6 is 0 Å². The second-order valence-electron chi connectivity index (χ2n) is 8.96. The fourth-order valence-corrected chi connectivity index (χ4v) is 5.25. The van der Waals surface area contributed by atoms with Crippen molar-refractivity contribution in [1.29, 1.82) is 0 Å². The van der Waals surface area contributed by atoms with Gasteiger partial charge < -0.3 is 14.6 Å². The van der Waals surface area contributed by atoms with Gasteiger partial charge in [0.15, 0.2) is 0 Å². The molecular weight excluding hydrogens is 350 g/mol. The zero-order valence-corrected chi connectivity index (χ0v) is 17.1. The number of nitrogens with zero attached hydrogens (tertiary/aromatic N) is 2. The standard InChI is InChI=1S/C23H31N3O2/c1-23(2)13-19(25-16-9-5-4-6-10-16)17-11-7-8-12-18(17)21(23)26-15-24-14-20(26)22(27)28-3/h7-8,11-12,14-16,19,21,25H,4-6,9-10,13H2,1-3H3/t19-,21+/m0/s1. The Morgan fingerprint density at radius 3 is 2.61 bits per heavy atom. The number of carbonyl (C=O) groups excluding carboxylic acids is 1. The lowest BCUT2D eigenvalue weighted by molar-refractivity contribution is 0.0579. The molecule has 1 aromatic heterocycles. The molecule has 2 aromatic rings. The van der Waals surface area contributed by atoms with Crippen LogP contribution in [0.1, 0.15) is 86.1 Å². The van der Waals surface area contributed by atoms with Gasteiger partial charge in [-0.15, -0.1) is 0 Å². The van der Waals surface area contributed by atoms with Crippen molar-refractivity contribution in [2.75, 3.05) is 7.11 Å². The van der Waals surface area contributed by atoms with E-state index in [1.165, 1.54) is 50.3 Å².